The molecule has 5 heteroatoms. The van der Waals surface area contributed by atoms with Crippen LogP contribution in [-0.4, -0.2) is 15.8 Å². The molecule has 0 amide bonds. The molecule has 0 radical (unpaired) electrons. The second-order valence-corrected chi connectivity index (χ2v) is 36.6. The Balaban J connectivity index is 1.01. The molecule has 14 aromatic carbocycles. The summed E-state index contributed by atoms with van der Waals surface area (Å²) in [6.07, 6.45) is 0. The number of aromatic nitrogens is 2. The summed E-state index contributed by atoms with van der Waals surface area (Å²) in [6.45, 7) is 33.8. The molecule has 111 heavy (non-hydrogen) atoms. The monoisotopic (exact) mass is 1440 g/mol. The maximum atomic E-state index is 10.0. The molecule has 2 aromatic heterocycles. The van der Waals surface area contributed by atoms with Gasteiger partial charge in [-0.25, -0.2) is 0 Å². The number of hydrogen-bond acceptors (Lipinski definition) is 2. The molecule has 0 unspecified atom stereocenters. The van der Waals surface area contributed by atoms with Crippen molar-refractivity contribution in [3.8, 4) is 56.3 Å². The molecule has 5 heterocycles. The summed E-state index contributed by atoms with van der Waals surface area (Å²) < 4.78 is 88.3. The summed E-state index contributed by atoms with van der Waals surface area (Å²) in [5.74, 6) is 1.32. The minimum absolute atomic E-state index is 0.00856. The van der Waals surface area contributed by atoms with Gasteiger partial charge in [0.05, 0.1) is 44.1 Å². The van der Waals surface area contributed by atoms with E-state index in [-0.39, 0.29) is 66.9 Å². The van der Waals surface area contributed by atoms with Crippen LogP contribution in [0.3, 0.4) is 0 Å². The van der Waals surface area contributed by atoms with Crippen LogP contribution in [0.5, 0.6) is 11.5 Å². The number of benzene rings is 14. The molecule has 3 aliphatic heterocycles. The van der Waals surface area contributed by atoms with E-state index in [1.165, 1.54) is 44.5 Å². The van der Waals surface area contributed by atoms with Gasteiger partial charge in [0.1, 0.15) is 11.5 Å². The third kappa shape index (κ3) is 10.4. The van der Waals surface area contributed by atoms with Crippen LogP contribution < -0.4 is 26.0 Å². The average Bonchev–Trinajstić information content (AvgIpc) is 1.18. The quantitative estimate of drug-likeness (QED) is 0.155. The molecule has 1 aliphatic carbocycles. The van der Waals surface area contributed by atoms with Gasteiger partial charge in [0.2, 0.25) is 6.71 Å². The zero-order valence-corrected chi connectivity index (χ0v) is 66.0. The lowest BCUT2D eigenvalue weighted by Crippen LogP contribution is -2.65. The van der Waals surface area contributed by atoms with Gasteiger partial charge < -0.3 is 18.8 Å². The van der Waals surface area contributed by atoms with Gasteiger partial charge in [0, 0.05) is 72.5 Å². The summed E-state index contributed by atoms with van der Waals surface area (Å²) in [7, 11) is 0. The van der Waals surface area contributed by atoms with Crippen LogP contribution in [0.1, 0.15) is 188 Å². The van der Waals surface area contributed by atoms with Crippen LogP contribution >= 0.6 is 0 Å². The van der Waals surface area contributed by atoms with Gasteiger partial charge in [-0.15, -0.1) is 0 Å². The van der Waals surface area contributed by atoms with Crippen molar-refractivity contribution in [2.45, 2.75) is 142 Å². The fourth-order valence-corrected chi connectivity index (χ4v) is 19.0. The summed E-state index contributed by atoms with van der Waals surface area (Å²) >= 11 is 0. The van der Waals surface area contributed by atoms with Crippen LogP contribution in [0.25, 0.3) is 88.4 Å². The van der Waals surface area contributed by atoms with E-state index >= 15 is 0 Å². The van der Waals surface area contributed by atoms with Gasteiger partial charge in [0.15, 0.2) is 0 Å². The molecule has 0 saturated carbocycles. The van der Waals surface area contributed by atoms with E-state index in [1.807, 2.05) is 6.07 Å². The highest BCUT2D eigenvalue weighted by molar-refractivity contribution is 6.99. The lowest BCUT2D eigenvalue weighted by atomic mass is 9.29. The lowest BCUT2D eigenvalue weighted by molar-refractivity contribution is 0.435. The van der Waals surface area contributed by atoms with Gasteiger partial charge in [0.25, 0.3) is 0 Å². The molecule has 20 rings (SSSR count). The number of ether oxygens (including phenoxy) is 1. The number of rotatable bonds is 6. The second kappa shape index (κ2) is 24.2. The van der Waals surface area contributed by atoms with Crippen LogP contribution in [0.4, 0.5) is 17.1 Å². The molecule has 0 N–H and O–H groups in total. The summed E-state index contributed by atoms with van der Waals surface area (Å²) in [5, 5.41) is 2.30. The van der Waals surface area contributed by atoms with Crippen LogP contribution in [0.2, 0.25) is 0 Å². The van der Waals surface area contributed by atoms with Crippen molar-refractivity contribution in [2.75, 3.05) is 4.90 Å². The van der Waals surface area contributed by atoms with Gasteiger partial charge in [-0.2, -0.15) is 0 Å². The fraction of sp³-hybridized carbons (Fsp3) is 0.208. The third-order valence-corrected chi connectivity index (χ3v) is 24.7. The van der Waals surface area contributed by atoms with Crippen molar-refractivity contribution in [1.29, 1.82) is 0 Å². The van der Waals surface area contributed by atoms with E-state index in [2.05, 4.69) is 350 Å². The van der Waals surface area contributed by atoms with E-state index < -0.39 is 48.4 Å². The minimum atomic E-state index is -1.14. The normalized spacial score (nSPS) is 15.3. The standard InChI is InChI=1S/C106H94BN3O/c1-101(2,3)67-43-48-76-80(55-67)81-56-68(102(4,5)6)44-49-77(81)98(76)66-42-50-88-86(54-66)106(84-36-24-28-40-96(84)111-97-41-29-25-37-85(97)106)87-61-73(109-92-52-45-69(103(7,8)9)57-82(92)83-58-70(104(10,11)12)46-53-93(83)109)63-95-99(87)107(88)89-51-47-72(108-90-38-26-22-34-74(90)75-35-23-27-39-91(75)108)62-94(89)110(95)100-78(64-30-18-16-19-31-64)59-71(105(13,14)15)60-79(100)65-32-20-17-21-33-65/h16-63,98H,1-15H3/i22D,23D,26D,27D,34D,35D,38D,39D. The highest BCUT2D eigenvalue weighted by Crippen LogP contribution is 2.61. The van der Waals surface area contributed by atoms with Crippen molar-refractivity contribution in [3.63, 3.8) is 0 Å². The Bertz CT molecular complexity index is 6780. The van der Waals surface area contributed by atoms with Crippen LogP contribution in [0.15, 0.2) is 291 Å². The molecular formula is C106H94BN3O. The topological polar surface area (TPSA) is 22.3 Å². The summed E-state index contributed by atoms with van der Waals surface area (Å²) in [6, 6.07) is 87.4. The van der Waals surface area contributed by atoms with E-state index in [1.54, 1.807) is 4.57 Å². The Hall–Kier alpha value is -11.7. The molecular weight excluding hydrogens is 1340 g/mol. The van der Waals surface area contributed by atoms with E-state index in [0.717, 1.165) is 128 Å². The molecule has 0 atom stereocenters. The van der Waals surface area contributed by atoms with E-state index in [4.69, 9.17) is 4.74 Å². The maximum absolute atomic E-state index is 10.0. The van der Waals surface area contributed by atoms with E-state index in [0.29, 0.717) is 5.69 Å². The predicted molar refractivity (Wildman–Crippen MR) is 470 cm³/mol. The first-order valence-corrected chi connectivity index (χ1v) is 39.4. The molecule has 16 aromatic rings. The first kappa shape index (κ1) is 60.2. The number of anilines is 3. The number of nitrogens with zero attached hydrogens (tertiary/aromatic N) is 3. The van der Waals surface area contributed by atoms with Gasteiger partial charge in [-0.3, -0.25) is 0 Å². The van der Waals surface area contributed by atoms with Crippen LogP contribution in [-0.2, 0) is 32.5 Å². The number of fused-ring (bicyclic) bond motifs is 19. The Labute approximate surface area is 666 Å². The summed E-state index contributed by atoms with van der Waals surface area (Å²) in [4.78, 5) is 2.50. The highest BCUT2D eigenvalue weighted by atomic mass is 16.5. The van der Waals surface area contributed by atoms with Crippen molar-refractivity contribution in [2.24, 2.45) is 0 Å². The van der Waals surface area contributed by atoms with E-state index in [9.17, 15) is 11.0 Å². The number of para-hydroxylation sites is 4. The van der Waals surface area contributed by atoms with Crippen molar-refractivity contribution in [1.82, 2.24) is 9.13 Å². The largest absolute Gasteiger partial charge is 0.457 e. The van der Waals surface area contributed by atoms with Gasteiger partial charge in [-0.1, -0.05) is 315 Å². The molecule has 4 nitrogen and oxygen atoms in total. The Morgan fingerprint density at radius 2 is 0.784 bits per heavy atom. The van der Waals surface area contributed by atoms with Crippen molar-refractivity contribution >= 4 is 83.8 Å². The third-order valence-electron chi connectivity index (χ3n) is 24.7. The molecule has 0 bridgehead atoms. The summed E-state index contributed by atoms with van der Waals surface area (Å²) in [5.41, 5.74) is 27.4. The molecule has 0 fully saturated rings. The minimum Gasteiger partial charge on any atom is -0.457 e. The first-order valence-electron chi connectivity index (χ1n) is 43.4. The van der Waals surface area contributed by atoms with Crippen molar-refractivity contribution in [3.05, 3.63) is 358 Å². The highest BCUT2D eigenvalue weighted by Gasteiger charge is 2.56. The van der Waals surface area contributed by atoms with Crippen molar-refractivity contribution < 1.29 is 15.7 Å². The molecule has 542 valence electrons. The Morgan fingerprint density at radius 3 is 1.30 bits per heavy atom. The first-order chi connectivity index (χ1) is 56.5. The van der Waals surface area contributed by atoms with Gasteiger partial charge >= 0.3 is 0 Å². The average molecular weight is 1440 g/mol. The zero-order valence-electron chi connectivity index (χ0n) is 74.0. The van der Waals surface area contributed by atoms with Crippen LogP contribution in [0, 0.1) is 0 Å². The maximum Gasteiger partial charge on any atom is 0.247 e. The zero-order chi connectivity index (χ0) is 83.3. The lowest BCUT2D eigenvalue weighted by Gasteiger charge is -2.51. The smallest absolute Gasteiger partial charge is 0.247 e. The van der Waals surface area contributed by atoms with Gasteiger partial charge in [-0.05, 0) is 201 Å². The second-order valence-electron chi connectivity index (χ2n) is 36.6. The SMILES string of the molecule is [2H]c1c([2H])c([2H])c2c(c1[2H])c1c([2H])c([2H])c([2H])c([2H])c1n2-c1ccc2c(c1)N(c1c(-c3ccccc3)cc(C(C)(C)C)cc1-c1ccccc1)c1cc(-n3c4ccc(C(C)(C)C)cc4c4cc(C(C)(C)C)ccc43)cc3c1B2c1ccc(C2c4ccc(C(C)(C)C)cc4-c4cc(C(C)(C)C)ccc42)cc1C31c2ccccc2Oc2ccccc21. The predicted octanol–water partition coefficient (Wildman–Crippen LogP) is 26.0. The molecule has 4 aliphatic rings. The molecule has 0 saturated heterocycles. The number of hydrogen-bond donors (Lipinski definition) is 0. The Morgan fingerprint density at radius 1 is 0.342 bits per heavy atom. The Kier molecular flexibility index (Phi) is 13.1. The molecule has 1 spiro atoms. The fourth-order valence-electron chi connectivity index (χ4n) is 19.0.